The van der Waals surface area contributed by atoms with Gasteiger partial charge in [-0.2, -0.15) is 15.0 Å². The summed E-state index contributed by atoms with van der Waals surface area (Å²) in [5.74, 6) is 6.97. The predicted octanol–water partition coefficient (Wildman–Crippen LogP) is 1.13. The molecule has 0 aliphatic carbocycles. The van der Waals surface area contributed by atoms with Crippen molar-refractivity contribution in [3.05, 3.63) is 16.1 Å². The molecule has 0 spiro atoms. The van der Waals surface area contributed by atoms with Crippen LogP contribution in [0.4, 0.5) is 17.8 Å². The Bertz CT molecular complexity index is 607. The number of hydrogen-bond acceptors (Lipinski definition) is 9. The molecule has 0 saturated carbocycles. The van der Waals surface area contributed by atoms with E-state index in [0.717, 1.165) is 36.6 Å². The summed E-state index contributed by atoms with van der Waals surface area (Å²) >= 11 is 1.61. The summed E-state index contributed by atoms with van der Waals surface area (Å²) in [6.45, 7) is 4.51. The molecule has 1 aliphatic rings. The van der Waals surface area contributed by atoms with E-state index >= 15 is 0 Å². The molecule has 9 heteroatoms. The van der Waals surface area contributed by atoms with E-state index < -0.39 is 0 Å². The van der Waals surface area contributed by atoms with Gasteiger partial charge in [-0.25, -0.2) is 10.8 Å². The van der Waals surface area contributed by atoms with Crippen molar-refractivity contribution in [2.45, 2.75) is 26.3 Å². The molecule has 0 radical (unpaired) electrons. The summed E-state index contributed by atoms with van der Waals surface area (Å²) in [6, 6.07) is 0. The minimum atomic E-state index is 0.365. The number of hydrogen-bond donors (Lipinski definition) is 3. The Labute approximate surface area is 126 Å². The van der Waals surface area contributed by atoms with E-state index in [0.29, 0.717) is 24.4 Å². The van der Waals surface area contributed by atoms with Crippen molar-refractivity contribution in [1.82, 2.24) is 19.9 Å². The minimum absolute atomic E-state index is 0.365. The van der Waals surface area contributed by atoms with Gasteiger partial charge < -0.3 is 10.2 Å². The summed E-state index contributed by atoms with van der Waals surface area (Å²) in [6.07, 6.45) is 2.33. The van der Waals surface area contributed by atoms with Gasteiger partial charge in [-0.15, -0.1) is 11.3 Å². The third kappa shape index (κ3) is 3.37. The average molecular weight is 306 g/mol. The van der Waals surface area contributed by atoms with E-state index in [2.05, 4.69) is 35.6 Å². The molecule has 21 heavy (non-hydrogen) atoms. The number of nitrogen functional groups attached to an aromatic ring is 1. The first kappa shape index (κ1) is 14.0. The molecular weight excluding hydrogens is 288 g/mol. The van der Waals surface area contributed by atoms with Gasteiger partial charge in [-0.3, -0.25) is 5.43 Å². The van der Waals surface area contributed by atoms with Gasteiger partial charge in [-0.05, 0) is 19.8 Å². The Hall–Kier alpha value is -2.00. The smallest absolute Gasteiger partial charge is 0.243 e. The number of nitrogens with zero attached hydrogens (tertiary/aromatic N) is 5. The molecule has 0 amide bonds. The Balaban J connectivity index is 1.75. The maximum absolute atomic E-state index is 5.44. The molecule has 0 atom stereocenters. The fourth-order valence-electron chi connectivity index (χ4n) is 2.21. The molecule has 2 aromatic heterocycles. The second-order valence-electron chi connectivity index (χ2n) is 4.86. The first-order chi connectivity index (χ1) is 10.2. The lowest BCUT2D eigenvalue weighted by Gasteiger charge is -2.16. The van der Waals surface area contributed by atoms with Gasteiger partial charge in [0.15, 0.2) is 0 Å². The molecule has 112 valence electrons. The predicted molar refractivity (Wildman–Crippen MR) is 83.3 cm³/mol. The highest BCUT2D eigenvalue weighted by molar-refractivity contribution is 7.09. The summed E-state index contributed by atoms with van der Waals surface area (Å²) in [5, 5.41) is 6.20. The van der Waals surface area contributed by atoms with Crippen LogP contribution in [0.25, 0.3) is 0 Å². The minimum Gasteiger partial charge on any atom is -0.348 e. The van der Waals surface area contributed by atoms with E-state index in [-0.39, 0.29) is 0 Å². The van der Waals surface area contributed by atoms with Crippen LogP contribution in [0.2, 0.25) is 0 Å². The number of nitrogens with one attached hydrogen (secondary N) is 2. The summed E-state index contributed by atoms with van der Waals surface area (Å²) in [5.41, 5.74) is 3.51. The molecule has 4 N–H and O–H groups in total. The first-order valence-electron chi connectivity index (χ1n) is 6.87. The van der Waals surface area contributed by atoms with Crippen LogP contribution in [-0.2, 0) is 6.54 Å². The van der Waals surface area contributed by atoms with E-state index in [1.54, 1.807) is 11.3 Å². The van der Waals surface area contributed by atoms with Crippen LogP contribution in [0.5, 0.6) is 0 Å². The highest BCUT2D eigenvalue weighted by Gasteiger charge is 2.17. The maximum atomic E-state index is 5.44. The lowest BCUT2D eigenvalue weighted by atomic mass is 10.4. The van der Waals surface area contributed by atoms with Gasteiger partial charge in [-0.1, -0.05) is 0 Å². The van der Waals surface area contributed by atoms with Gasteiger partial charge in [0.1, 0.15) is 5.01 Å². The zero-order chi connectivity index (χ0) is 14.7. The topological polar surface area (TPSA) is 105 Å². The second-order valence-corrected chi connectivity index (χ2v) is 5.80. The Kier molecular flexibility index (Phi) is 4.11. The van der Waals surface area contributed by atoms with E-state index in [4.69, 9.17) is 5.84 Å². The zero-order valence-electron chi connectivity index (χ0n) is 11.8. The lowest BCUT2D eigenvalue weighted by Crippen LogP contribution is -2.23. The lowest BCUT2D eigenvalue weighted by molar-refractivity contribution is 0.875. The standard InChI is InChI=1S/C12H18N8S/c1-8-7-21-9(15-8)6-14-10-16-11(19-13)18-12(17-10)20-4-2-3-5-20/h7H,2-6,13H2,1H3,(H2,14,16,17,18,19). The number of aryl methyl sites for hydroxylation is 1. The number of rotatable bonds is 5. The molecule has 1 saturated heterocycles. The van der Waals surface area contributed by atoms with E-state index in [1.165, 1.54) is 0 Å². The second kappa shape index (κ2) is 6.19. The van der Waals surface area contributed by atoms with Crippen molar-refractivity contribution in [3.8, 4) is 0 Å². The van der Waals surface area contributed by atoms with Crippen molar-refractivity contribution >= 4 is 29.2 Å². The molecule has 3 heterocycles. The van der Waals surface area contributed by atoms with E-state index in [1.807, 2.05) is 12.3 Å². The fourth-order valence-corrected chi connectivity index (χ4v) is 2.92. The van der Waals surface area contributed by atoms with Crippen molar-refractivity contribution in [1.29, 1.82) is 0 Å². The van der Waals surface area contributed by atoms with Gasteiger partial charge in [0.05, 0.1) is 6.54 Å². The van der Waals surface area contributed by atoms with Gasteiger partial charge in [0.2, 0.25) is 17.8 Å². The average Bonchev–Trinajstić information content (AvgIpc) is 3.16. The molecule has 1 fully saturated rings. The van der Waals surface area contributed by atoms with Crippen LogP contribution in [0.1, 0.15) is 23.5 Å². The number of hydrazine groups is 1. The zero-order valence-corrected chi connectivity index (χ0v) is 12.7. The molecule has 3 rings (SSSR count). The van der Waals surface area contributed by atoms with Crippen molar-refractivity contribution in [2.75, 3.05) is 28.7 Å². The Morgan fingerprint density at radius 2 is 1.95 bits per heavy atom. The normalized spacial score (nSPS) is 14.5. The Morgan fingerprint density at radius 1 is 1.19 bits per heavy atom. The monoisotopic (exact) mass is 306 g/mol. The molecule has 0 aromatic carbocycles. The van der Waals surface area contributed by atoms with Crippen LogP contribution in [0.15, 0.2) is 5.38 Å². The fraction of sp³-hybridized carbons (Fsp3) is 0.500. The van der Waals surface area contributed by atoms with E-state index in [9.17, 15) is 0 Å². The molecule has 1 aliphatic heterocycles. The highest BCUT2D eigenvalue weighted by atomic mass is 32.1. The van der Waals surface area contributed by atoms with Gasteiger partial charge in [0.25, 0.3) is 0 Å². The highest BCUT2D eigenvalue weighted by Crippen LogP contribution is 2.19. The third-order valence-corrected chi connectivity index (χ3v) is 4.17. The summed E-state index contributed by atoms with van der Waals surface area (Å²) in [7, 11) is 0. The van der Waals surface area contributed by atoms with Crippen molar-refractivity contribution in [3.63, 3.8) is 0 Å². The summed E-state index contributed by atoms with van der Waals surface area (Å²) in [4.78, 5) is 19.5. The number of anilines is 3. The maximum Gasteiger partial charge on any atom is 0.243 e. The first-order valence-corrected chi connectivity index (χ1v) is 7.75. The van der Waals surface area contributed by atoms with Crippen LogP contribution in [-0.4, -0.2) is 33.0 Å². The molecule has 8 nitrogen and oxygen atoms in total. The van der Waals surface area contributed by atoms with Gasteiger partial charge >= 0.3 is 0 Å². The summed E-state index contributed by atoms with van der Waals surface area (Å²) < 4.78 is 0. The van der Waals surface area contributed by atoms with Crippen LogP contribution < -0.4 is 21.5 Å². The number of nitrogens with two attached hydrogens (primary N) is 1. The SMILES string of the molecule is Cc1csc(CNc2nc(NN)nc(N3CCCC3)n2)n1. The molecule has 0 unspecified atom stereocenters. The molecule has 2 aromatic rings. The quantitative estimate of drug-likeness (QED) is 0.558. The van der Waals surface area contributed by atoms with Crippen molar-refractivity contribution in [2.24, 2.45) is 5.84 Å². The Morgan fingerprint density at radius 3 is 2.62 bits per heavy atom. The van der Waals surface area contributed by atoms with Crippen molar-refractivity contribution < 1.29 is 0 Å². The van der Waals surface area contributed by atoms with Crippen LogP contribution in [0.3, 0.4) is 0 Å². The molecular formula is C12H18N8S. The van der Waals surface area contributed by atoms with Gasteiger partial charge in [0, 0.05) is 24.2 Å². The van der Waals surface area contributed by atoms with Crippen LogP contribution >= 0.6 is 11.3 Å². The molecule has 0 bridgehead atoms. The van der Waals surface area contributed by atoms with Crippen LogP contribution in [0, 0.1) is 6.92 Å². The third-order valence-electron chi connectivity index (χ3n) is 3.21. The number of aromatic nitrogens is 4. The largest absolute Gasteiger partial charge is 0.348 e. The number of thiazole rings is 1.